The maximum absolute atomic E-state index is 11.6. The number of carboxylic acids is 1. The van der Waals surface area contributed by atoms with Crippen molar-refractivity contribution in [2.45, 2.75) is 101 Å². The largest absolute Gasteiger partial charge is 0.481 e. The molecule has 0 aromatic heterocycles. The fourth-order valence-corrected chi connectivity index (χ4v) is 6.88. The van der Waals surface area contributed by atoms with Crippen molar-refractivity contribution in [2.24, 2.45) is 0 Å². The number of nitrogens with zero attached hydrogens (tertiary/aromatic N) is 3. The van der Waals surface area contributed by atoms with Gasteiger partial charge >= 0.3 is 5.97 Å². The molecule has 2 amide bonds. The minimum absolute atomic E-state index is 0.0549. The number of carboxylic acid groups (broad SMARTS) is 1. The first-order valence-corrected chi connectivity index (χ1v) is 20.4. The molecule has 61 heavy (non-hydrogen) atoms. The van der Waals surface area contributed by atoms with Gasteiger partial charge in [0.05, 0.1) is 77.3 Å². The van der Waals surface area contributed by atoms with E-state index in [1.165, 1.54) is 13.8 Å². The van der Waals surface area contributed by atoms with Gasteiger partial charge in [-0.2, -0.15) is 0 Å². The predicted molar refractivity (Wildman–Crippen MR) is 209 cm³/mol. The Balaban J connectivity index is 1.17. The highest BCUT2D eigenvalue weighted by atomic mass is 16.7. The van der Waals surface area contributed by atoms with Crippen LogP contribution in [-0.2, 0) is 42.8 Å². The molecule has 0 spiro atoms. The van der Waals surface area contributed by atoms with E-state index in [1.54, 1.807) is 0 Å². The summed E-state index contributed by atoms with van der Waals surface area (Å²) in [4.78, 5) is 36.5. The fourth-order valence-electron chi connectivity index (χ4n) is 6.88. The molecule has 2 saturated heterocycles. The van der Waals surface area contributed by atoms with Crippen molar-refractivity contribution in [1.29, 1.82) is 0 Å². The second-order valence-corrected chi connectivity index (χ2v) is 14.9. The third-order valence-electron chi connectivity index (χ3n) is 9.97. The lowest BCUT2D eigenvalue weighted by atomic mass is 9.97. The van der Waals surface area contributed by atoms with E-state index < -0.39 is 92.3 Å². The van der Waals surface area contributed by atoms with Crippen LogP contribution in [0.15, 0.2) is 23.8 Å². The summed E-state index contributed by atoms with van der Waals surface area (Å²) in [5.41, 5.74) is 14.3. The molecule has 0 bridgehead atoms. The van der Waals surface area contributed by atoms with Crippen molar-refractivity contribution in [3.8, 4) is 0 Å². The molecule has 25 heteroatoms. The Morgan fingerprint density at radius 1 is 0.689 bits per heavy atom. The highest BCUT2D eigenvalue weighted by molar-refractivity contribution is 5.73. The molecule has 25 nitrogen and oxygen atoms in total. The Morgan fingerprint density at radius 3 is 1.56 bits per heavy atom. The summed E-state index contributed by atoms with van der Waals surface area (Å²) >= 11 is 0. The van der Waals surface area contributed by atoms with Gasteiger partial charge in [0.25, 0.3) is 0 Å². The van der Waals surface area contributed by atoms with Gasteiger partial charge in [-0.15, -0.1) is 11.1 Å². The Morgan fingerprint density at radius 2 is 1.15 bits per heavy atom. The number of amides is 2. The summed E-state index contributed by atoms with van der Waals surface area (Å²) in [7, 11) is 0. The molecule has 10 unspecified atom stereocenters. The van der Waals surface area contributed by atoms with Crippen LogP contribution in [-0.4, -0.2) is 215 Å². The SMILES string of the molecule is CC(=O)NC1C(OCCOCCN2C=C(CN(CCCCCC(=O)O)CC3=CN(CCOCCOC4OC(CO)C(O)C(O)C4NC(C)=O)NN3)NN2)OC(CO)C(O)C1O. The maximum atomic E-state index is 11.6. The number of carbonyl (C=O) groups is 3. The van der Waals surface area contributed by atoms with Gasteiger partial charge in [0.2, 0.25) is 11.8 Å². The third kappa shape index (κ3) is 16.6. The van der Waals surface area contributed by atoms with E-state index in [-0.39, 0.29) is 32.8 Å². The molecule has 350 valence electrons. The lowest BCUT2D eigenvalue weighted by Gasteiger charge is -2.42. The smallest absolute Gasteiger partial charge is 0.303 e. The Labute approximate surface area is 353 Å². The Bertz CT molecular complexity index is 1330. The maximum Gasteiger partial charge on any atom is 0.303 e. The molecule has 4 aliphatic heterocycles. The first-order chi connectivity index (χ1) is 29.3. The van der Waals surface area contributed by atoms with E-state index in [1.807, 2.05) is 22.4 Å². The van der Waals surface area contributed by atoms with Crippen LogP contribution in [0.3, 0.4) is 0 Å². The number of aliphatic hydroxyl groups excluding tert-OH is 6. The lowest BCUT2D eigenvalue weighted by Crippen LogP contribution is -2.64. The van der Waals surface area contributed by atoms with Crippen LogP contribution < -0.4 is 32.6 Å². The summed E-state index contributed by atoms with van der Waals surface area (Å²) in [5, 5.41) is 77.9. The number of hydrogen-bond donors (Lipinski definition) is 13. The average molecular weight is 880 g/mol. The van der Waals surface area contributed by atoms with Gasteiger partial charge in [0.1, 0.15) is 48.7 Å². The molecular weight excluding hydrogens is 814 g/mol. The molecule has 4 aliphatic rings. The van der Waals surface area contributed by atoms with Crippen LogP contribution >= 0.6 is 0 Å². The van der Waals surface area contributed by atoms with Gasteiger partial charge in [-0.25, -0.2) is 0 Å². The normalized spacial score (nSPS) is 28.9. The minimum Gasteiger partial charge on any atom is -0.481 e. The molecule has 0 aromatic carbocycles. The zero-order chi connectivity index (χ0) is 44.3. The van der Waals surface area contributed by atoms with Crippen LogP contribution in [0, 0.1) is 0 Å². The van der Waals surface area contributed by atoms with Gasteiger partial charge in [-0.1, -0.05) is 6.42 Å². The number of hydrogen-bond acceptors (Lipinski definition) is 22. The van der Waals surface area contributed by atoms with Crippen LogP contribution in [0.1, 0.15) is 39.5 Å². The molecule has 0 saturated carbocycles. The molecule has 10 atom stereocenters. The zero-order valence-corrected chi connectivity index (χ0v) is 34.6. The van der Waals surface area contributed by atoms with Crippen molar-refractivity contribution in [3.63, 3.8) is 0 Å². The minimum atomic E-state index is -1.40. The van der Waals surface area contributed by atoms with E-state index in [4.69, 9.17) is 33.5 Å². The monoisotopic (exact) mass is 879 g/mol. The molecule has 0 aromatic rings. The molecule has 0 radical (unpaired) electrons. The van der Waals surface area contributed by atoms with Gasteiger partial charge in [0, 0.05) is 45.8 Å². The molecule has 13 N–H and O–H groups in total. The van der Waals surface area contributed by atoms with Crippen LogP contribution in [0.2, 0.25) is 0 Å². The standard InChI is InChI=1S/C36H65N9O16/c1-22(48)37-29-33(54)31(52)26(20-46)60-35(29)58-14-12-56-10-8-44-18-24(39-41-44)16-43(7-5-3-4-6-28(50)51)17-25-19-45(42-40-25)9-11-57-13-15-59-36-30(38-23(2)49)34(55)32(53)27(21-47)61-36/h18-19,26-27,29-36,39-42,46-47,52-55H,3-17,20-21H2,1-2H3,(H,37,48)(H,38,49)(H,50,51). The zero-order valence-electron chi connectivity index (χ0n) is 34.6. The van der Waals surface area contributed by atoms with Crippen molar-refractivity contribution in [3.05, 3.63) is 23.8 Å². The summed E-state index contributed by atoms with van der Waals surface area (Å²) in [6.07, 6.45) is -3.87. The van der Waals surface area contributed by atoms with Crippen molar-refractivity contribution >= 4 is 17.8 Å². The molecule has 2 fully saturated rings. The summed E-state index contributed by atoms with van der Waals surface area (Å²) < 4.78 is 33.9. The van der Waals surface area contributed by atoms with Crippen molar-refractivity contribution in [1.82, 2.24) is 47.5 Å². The van der Waals surface area contributed by atoms with Crippen LogP contribution in [0.5, 0.6) is 0 Å². The first-order valence-electron chi connectivity index (χ1n) is 20.4. The quantitative estimate of drug-likeness (QED) is 0.0326. The second kappa shape index (κ2) is 26.2. The van der Waals surface area contributed by atoms with E-state index in [2.05, 4.69) is 37.5 Å². The van der Waals surface area contributed by atoms with E-state index in [9.17, 15) is 45.0 Å². The topological polar surface area (TPSA) is 330 Å². The van der Waals surface area contributed by atoms with Gasteiger partial charge in [-0.3, -0.25) is 29.3 Å². The highest BCUT2D eigenvalue weighted by Gasteiger charge is 2.46. The van der Waals surface area contributed by atoms with Crippen molar-refractivity contribution in [2.75, 3.05) is 85.6 Å². The summed E-state index contributed by atoms with van der Waals surface area (Å²) in [5.74, 6) is -1.71. The second-order valence-electron chi connectivity index (χ2n) is 14.9. The van der Waals surface area contributed by atoms with Crippen LogP contribution in [0.25, 0.3) is 0 Å². The molecule has 0 aliphatic carbocycles. The van der Waals surface area contributed by atoms with E-state index in [0.717, 1.165) is 24.2 Å². The molecular formula is C36H65N9O16. The average Bonchev–Trinajstić information content (AvgIpc) is 3.87. The number of nitrogens with one attached hydrogen (secondary N) is 6. The van der Waals surface area contributed by atoms with Crippen LogP contribution in [0.4, 0.5) is 0 Å². The lowest BCUT2D eigenvalue weighted by molar-refractivity contribution is -0.272. The van der Waals surface area contributed by atoms with E-state index >= 15 is 0 Å². The van der Waals surface area contributed by atoms with Gasteiger partial charge in [-0.05, 0) is 19.4 Å². The van der Waals surface area contributed by atoms with Gasteiger partial charge in [0.15, 0.2) is 12.6 Å². The number of ether oxygens (including phenoxy) is 6. The number of aliphatic carboxylic acids is 1. The third-order valence-corrected chi connectivity index (χ3v) is 9.97. The van der Waals surface area contributed by atoms with Gasteiger partial charge < -0.3 is 85.7 Å². The highest BCUT2D eigenvalue weighted by Crippen LogP contribution is 2.23. The predicted octanol–water partition coefficient (Wildman–Crippen LogP) is -5.78. The fraction of sp³-hybridized carbons (Fsp3) is 0.806. The Hall–Kier alpha value is -3.51. The summed E-state index contributed by atoms with van der Waals surface area (Å²) in [6.45, 7) is 5.27. The number of carbonyl (C=O) groups excluding carboxylic acids is 2. The van der Waals surface area contributed by atoms with Crippen molar-refractivity contribution < 1.29 is 78.6 Å². The molecule has 4 rings (SSSR count). The number of hydrazine groups is 4. The molecule has 4 heterocycles. The number of unbranched alkanes of at least 4 members (excludes halogenated alkanes) is 2. The van der Waals surface area contributed by atoms with E-state index in [0.29, 0.717) is 52.4 Å². The summed E-state index contributed by atoms with van der Waals surface area (Å²) in [6, 6.07) is -2.07. The Kier molecular flexibility index (Phi) is 21.5. The first kappa shape index (κ1) is 50.1. The number of aliphatic hydroxyl groups is 6. The number of rotatable bonds is 28.